The zero-order valence-corrected chi connectivity index (χ0v) is 18.3. The quantitative estimate of drug-likeness (QED) is 0.495. The molecule has 1 atom stereocenters. The number of nitrogens with zero attached hydrogens (tertiary/aromatic N) is 1. The van der Waals surface area contributed by atoms with Crippen LogP contribution in [-0.2, 0) is 4.74 Å². The Balaban J connectivity index is 0.00000106. The van der Waals surface area contributed by atoms with Gasteiger partial charge in [-0.1, -0.05) is 74.5 Å². The molecular formula is C24H33N5O. The fourth-order valence-corrected chi connectivity index (χ4v) is 2.70. The van der Waals surface area contributed by atoms with Gasteiger partial charge in [-0.15, -0.1) is 5.10 Å². The molecule has 0 aromatic heterocycles. The van der Waals surface area contributed by atoms with Gasteiger partial charge in [0.05, 0.1) is 11.4 Å². The van der Waals surface area contributed by atoms with E-state index in [1.165, 1.54) is 7.05 Å². The van der Waals surface area contributed by atoms with Crippen LogP contribution < -0.4 is 11.2 Å². The zero-order valence-electron chi connectivity index (χ0n) is 18.3. The van der Waals surface area contributed by atoms with Crippen molar-refractivity contribution in [1.29, 1.82) is 10.8 Å². The standard InChI is InChI=1S/C21H22N4O.C2H6.CH5N/c1-15-24-25-19(26-15)13-6-5-8-16-9-7-12-18(14-16)21(23)20(22)17-10-3-2-4-11-17;2*1-2/h2-5,7-12,14,19,22-23,25H,6,13H2,1H3;1-2H3;2H2,1H3/b8-5+,22-20?,23-21?;;. The molecule has 1 unspecified atom stereocenters. The van der Waals surface area contributed by atoms with E-state index in [1.54, 1.807) is 0 Å². The molecule has 0 bridgehead atoms. The van der Waals surface area contributed by atoms with Crippen molar-refractivity contribution < 1.29 is 4.74 Å². The molecule has 0 amide bonds. The molecule has 6 heteroatoms. The van der Waals surface area contributed by atoms with Gasteiger partial charge in [0.2, 0.25) is 5.90 Å². The van der Waals surface area contributed by atoms with Crippen LogP contribution >= 0.6 is 0 Å². The van der Waals surface area contributed by atoms with Gasteiger partial charge in [0, 0.05) is 24.5 Å². The predicted octanol–water partition coefficient (Wildman–Crippen LogP) is 4.80. The molecule has 2 aromatic carbocycles. The van der Waals surface area contributed by atoms with Gasteiger partial charge in [0.15, 0.2) is 6.23 Å². The van der Waals surface area contributed by atoms with Crippen molar-refractivity contribution in [2.24, 2.45) is 10.8 Å². The Morgan fingerprint density at radius 3 is 2.30 bits per heavy atom. The number of nitrogens with two attached hydrogens (primary N) is 1. The molecule has 0 aliphatic carbocycles. The number of allylic oxidation sites excluding steroid dienone is 1. The Morgan fingerprint density at radius 1 is 1.03 bits per heavy atom. The summed E-state index contributed by atoms with van der Waals surface area (Å²) in [5.41, 5.74) is 10.4. The summed E-state index contributed by atoms with van der Waals surface area (Å²) >= 11 is 0. The highest BCUT2D eigenvalue weighted by molar-refractivity contribution is 6.51. The molecule has 2 aromatic rings. The van der Waals surface area contributed by atoms with E-state index in [4.69, 9.17) is 15.6 Å². The molecule has 30 heavy (non-hydrogen) atoms. The van der Waals surface area contributed by atoms with Gasteiger partial charge >= 0.3 is 0 Å². The van der Waals surface area contributed by atoms with Crippen molar-refractivity contribution in [2.75, 3.05) is 7.05 Å². The summed E-state index contributed by atoms with van der Waals surface area (Å²) in [4.78, 5) is 0. The van der Waals surface area contributed by atoms with E-state index in [9.17, 15) is 0 Å². The van der Waals surface area contributed by atoms with Gasteiger partial charge in [-0.25, -0.2) is 0 Å². The summed E-state index contributed by atoms with van der Waals surface area (Å²) in [7, 11) is 1.50. The van der Waals surface area contributed by atoms with Gasteiger partial charge < -0.3 is 10.5 Å². The minimum Gasteiger partial charge on any atom is -0.455 e. The van der Waals surface area contributed by atoms with Crippen LogP contribution in [0.5, 0.6) is 0 Å². The second kappa shape index (κ2) is 13.8. The lowest BCUT2D eigenvalue weighted by molar-refractivity contribution is 0.176. The van der Waals surface area contributed by atoms with E-state index in [-0.39, 0.29) is 17.7 Å². The minimum absolute atomic E-state index is 0.0505. The fourth-order valence-electron chi connectivity index (χ4n) is 2.70. The Hall–Kier alpha value is -3.25. The first-order valence-electron chi connectivity index (χ1n) is 10.2. The summed E-state index contributed by atoms with van der Waals surface area (Å²) < 4.78 is 5.49. The molecule has 0 saturated heterocycles. The van der Waals surface area contributed by atoms with Crippen molar-refractivity contribution in [2.45, 2.75) is 39.8 Å². The first kappa shape index (κ1) is 24.8. The van der Waals surface area contributed by atoms with Crippen molar-refractivity contribution >= 4 is 23.4 Å². The van der Waals surface area contributed by atoms with E-state index >= 15 is 0 Å². The van der Waals surface area contributed by atoms with E-state index in [1.807, 2.05) is 81.4 Å². The first-order valence-corrected chi connectivity index (χ1v) is 10.2. The normalized spacial score (nSPS) is 14.3. The summed E-state index contributed by atoms with van der Waals surface area (Å²) in [5, 5.41) is 20.6. The molecule has 0 fully saturated rings. The highest BCUT2D eigenvalue weighted by Crippen LogP contribution is 2.13. The SMILES string of the molecule is CC.CC1=NNC(CC/C=C/c2cccc(C(=N)C(=N)c3ccccc3)c2)O1.CN. The van der Waals surface area contributed by atoms with Crippen LogP contribution in [0.3, 0.4) is 0 Å². The monoisotopic (exact) mass is 407 g/mol. The largest absolute Gasteiger partial charge is 0.455 e. The van der Waals surface area contributed by atoms with Crippen molar-refractivity contribution in [1.82, 2.24) is 5.43 Å². The molecule has 3 rings (SSSR count). The van der Waals surface area contributed by atoms with Gasteiger partial charge in [-0.3, -0.25) is 16.2 Å². The highest BCUT2D eigenvalue weighted by atomic mass is 16.5. The van der Waals surface area contributed by atoms with Crippen molar-refractivity contribution in [3.05, 3.63) is 77.4 Å². The molecule has 0 radical (unpaired) electrons. The lowest BCUT2D eigenvalue weighted by Gasteiger charge is -2.08. The number of ether oxygens (including phenoxy) is 1. The third kappa shape index (κ3) is 7.64. The van der Waals surface area contributed by atoms with E-state index in [0.29, 0.717) is 5.90 Å². The van der Waals surface area contributed by atoms with Crippen LogP contribution in [0.1, 0.15) is 50.3 Å². The number of rotatable bonds is 7. The van der Waals surface area contributed by atoms with Crippen LogP contribution in [0.2, 0.25) is 0 Å². The van der Waals surface area contributed by atoms with Gasteiger partial charge in [0.25, 0.3) is 0 Å². The maximum atomic E-state index is 8.33. The summed E-state index contributed by atoms with van der Waals surface area (Å²) in [6.07, 6.45) is 5.77. The summed E-state index contributed by atoms with van der Waals surface area (Å²) in [5.74, 6) is 0.672. The Bertz CT molecular complexity index is 859. The van der Waals surface area contributed by atoms with Crippen LogP contribution in [0.25, 0.3) is 6.08 Å². The number of benzene rings is 2. The summed E-state index contributed by atoms with van der Waals surface area (Å²) in [6, 6.07) is 17.1. The van der Waals surface area contributed by atoms with E-state index in [0.717, 1.165) is 29.5 Å². The number of hydrogen-bond donors (Lipinski definition) is 4. The average molecular weight is 408 g/mol. The molecule has 5 N–H and O–H groups in total. The predicted molar refractivity (Wildman–Crippen MR) is 127 cm³/mol. The Labute approximate surface area is 179 Å². The van der Waals surface area contributed by atoms with E-state index < -0.39 is 0 Å². The van der Waals surface area contributed by atoms with Crippen LogP contribution in [-0.4, -0.2) is 30.6 Å². The van der Waals surface area contributed by atoms with Crippen molar-refractivity contribution in [3.8, 4) is 0 Å². The molecule has 0 saturated carbocycles. The minimum atomic E-state index is -0.0505. The lowest BCUT2D eigenvalue weighted by Crippen LogP contribution is -2.20. The lowest BCUT2D eigenvalue weighted by atomic mass is 9.98. The third-order valence-corrected chi connectivity index (χ3v) is 4.07. The van der Waals surface area contributed by atoms with Crippen molar-refractivity contribution in [3.63, 3.8) is 0 Å². The fraction of sp³-hybridized carbons (Fsp3) is 0.292. The van der Waals surface area contributed by atoms with Gasteiger partial charge in [-0.2, -0.15) is 0 Å². The molecule has 1 heterocycles. The third-order valence-electron chi connectivity index (χ3n) is 4.07. The molecule has 160 valence electrons. The molecule has 1 aliphatic rings. The Kier molecular flexibility index (Phi) is 11.4. The van der Waals surface area contributed by atoms with Crippen LogP contribution in [0.4, 0.5) is 0 Å². The zero-order chi connectivity index (χ0) is 22.4. The maximum absolute atomic E-state index is 8.33. The number of hydrogen-bond acceptors (Lipinski definition) is 6. The van der Waals surface area contributed by atoms with Gasteiger partial charge in [0.1, 0.15) is 0 Å². The number of nitrogens with one attached hydrogen (secondary N) is 3. The smallest absolute Gasteiger partial charge is 0.204 e. The second-order valence-corrected chi connectivity index (χ2v) is 6.09. The highest BCUT2D eigenvalue weighted by Gasteiger charge is 2.14. The average Bonchev–Trinajstić information content (AvgIpc) is 3.24. The molecule has 1 aliphatic heterocycles. The van der Waals surface area contributed by atoms with Crippen LogP contribution in [0.15, 0.2) is 65.8 Å². The maximum Gasteiger partial charge on any atom is 0.204 e. The van der Waals surface area contributed by atoms with E-state index in [2.05, 4.69) is 22.3 Å². The molecule has 0 spiro atoms. The Morgan fingerprint density at radius 2 is 1.67 bits per heavy atom. The van der Waals surface area contributed by atoms with Crippen LogP contribution in [0, 0.1) is 10.8 Å². The summed E-state index contributed by atoms with van der Waals surface area (Å²) in [6.45, 7) is 5.83. The van der Waals surface area contributed by atoms with Gasteiger partial charge in [-0.05, 0) is 25.1 Å². The number of hydrazone groups is 1. The topological polar surface area (TPSA) is 107 Å². The molecule has 6 nitrogen and oxygen atoms in total. The second-order valence-electron chi connectivity index (χ2n) is 6.09. The molecular weight excluding hydrogens is 374 g/mol. The first-order chi connectivity index (χ1) is 14.6.